The number of aliphatic hydroxyl groups excluding tert-OH is 1. The summed E-state index contributed by atoms with van der Waals surface area (Å²) >= 11 is 9.89. The number of allylic oxidation sites excluding steroid dienone is 1. The van der Waals surface area contributed by atoms with Crippen LogP contribution in [0.5, 0.6) is 5.75 Å². The lowest BCUT2D eigenvalue weighted by molar-refractivity contribution is 0.0455. The molecular formula is C30H34BrClN2O5S. The van der Waals surface area contributed by atoms with Crippen LogP contribution in [0.4, 0.5) is 5.69 Å². The largest absolute Gasteiger partial charge is 0.490 e. The van der Waals surface area contributed by atoms with Crippen LogP contribution in [0.1, 0.15) is 60.0 Å². The number of benzene rings is 2. The molecule has 2 aromatic carbocycles. The number of nitrogens with zero attached hydrogens (tertiary/aromatic N) is 1. The number of amides is 1. The first kappa shape index (κ1) is 28.1. The lowest BCUT2D eigenvalue weighted by Crippen LogP contribution is -2.49. The highest BCUT2D eigenvalue weighted by molar-refractivity contribution is 9.11. The Labute approximate surface area is 249 Å². The van der Waals surface area contributed by atoms with E-state index < -0.39 is 22.0 Å². The molecule has 1 fully saturated rings. The van der Waals surface area contributed by atoms with E-state index in [1.54, 1.807) is 18.2 Å². The number of carbonyl (C=O) groups excluding carboxylic acids is 1. The van der Waals surface area contributed by atoms with Crippen molar-refractivity contribution in [2.45, 2.75) is 56.5 Å². The van der Waals surface area contributed by atoms with Crippen LogP contribution in [0.25, 0.3) is 0 Å². The van der Waals surface area contributed by atoms with E-state index in [0.29, 0.717) is 38.3 Å². The molecular weight excluding hydrogens is 616 g/mol. The number of aryl methyl sites for hydroxylation is 1. The van der Waals surface area contributed by atoms with E-state index in [0.717, 1.165) is 47.3 Å². The van der Waals surface area contributed by atoms with Gasteiger partial charge in [-0.2, -0.15) is 0 Å². The summed E-state index contributed by atoms with van der Waals surface area (Å²) in [6, 6.07) is 11.3. The van der Waals surface area contributed by atoms with Gasteiger partial charge in [-0.3, -0.25) is 4.79 Å². The van der Waals surface area contributed by atoms with Gasteiger partial charge >= 0.3 is 0 Å². The van der Waals surface area contributed by atoms with E-state index in [4.69, 9.17) is 16.3 Å². The molecule has 0 aromatic heterocycles. The Morgan fingerprint density at radius 2 is 1.98 bits per heavy atom. The van der Waals surface area contributed by atoms with Gasteiger partial charge in [-0.25, -0.2) is 13.1 Å². The molecule has 0 saturated heterocycles. The number of anilines is 1. The molecule has 4 atom stereocenters. The summed E-state index contributed by atoms with van der Waals surface area (Å²) in [5, 5.41) is 11.8. The number of ether oxygens (including phenoxy) is 1. The van der Waals surface area contributed by atoms with E-state index in [2.05, 4.69) is 37.7 Å². The summed E-state index contributed by atoms with van der Waals surface area (Å²) in [5.41, 5.74) is 3.31. The van der Waals surface area contributed by atoms with E-state index in [1.165, 1.54) is 11.1 Å². The lowest BCUT2D eigenvalue weighted by atomic mass is 9.68. The Hall–Kier alpha value is -2.07. The molecule has 2 N–H and O–H groups in total. The van der Waals surface area contributed by atoms with Gasteiger partial charge in [-0.15, -0.1) is 0 Å². The maximum Gasteiger partial charge on any atom is 0.264 e. The molecule has 2 bridgehead atoms. The van der Waals surface area contributed by atoms with Gasteiger partial charge in [0.25, 0.3) is 5.91 Å². The van der Waals surface area contributed by atoms with Crippen molar-refractivity contribution in [2.75, 3.05) is 30.3 Å². The predicted octanol–water partition coefficient (Wildman–Crippen LogP) is 5.33. The minimum atomic E-state index is -3.82. The average Bonchev–Trinajstić information content (AvgIpc) is 3.02. The van der Waals surface area contributed by atoms with Gasteiger partial charge in [0.1, 0.15) is 5.75 Å². The van der Waals surface area contributed by atoms with Crippen LogP contribution in [-0.2, 0) is 21.9 Å². The molecule has 10 heteroatoms. The number of halogens is 2. The third-order valence-corrected chi connectivity index (χ3v) is 11.3. The van der Waals surface area contributed by atoms with Gasteiger partial charge < -0.3 is 14.7 Å². The van der Waals surface area contributed by atoms with Crippen LogP contribution < -0.4 is 14.4 Å². The summed E-state index contributed by atoms with van der Waals surface area (Å²) in [7, 11) is -3.82. The second-order valence-electron chi connectivity index (χ2n) is 11.7. The maximum absolute atomic E-state index is 13.1. The SMILES string of the molecule is O=C1NS(=O)(=O)CCC/C(Br)=C/[C@@H](O)[C@@H]2CC[C@H]2CN2C[C@@]3(CCCc4cc(Cl)ccc43)COc3ccc1cc32. The number of nitrogens with one attached hydrogen (secondary N) is 1. The Kier molecular flexibility index (Phi) is 7.70. The fourth-order valence-corrected chi connectivity index (χ4v) is 8.66. The fourth-order valence-electron chi connectivity index (χ4n) is 6.88. The minimum Gasteiger partial charge on any atom is -0.490 e. The topological polar surface area (TPSA) is 95.9 Å². The monoisotopic (exact) mass is 648 g/mol. The average molecular weight is 650 g/mol. The number of sulfonamides is 1. The van der Waals surface area contributed by atoms with Crippen molar-refractivity contribution in [3.05, 3.63) is 68.7 Å². The standard InChI is InChI=1S/C30H34BrClN2O5S/c31-22-4-2-12-40(37,38)33-29(36)20-6-10-28-26(14-20)34(16-21-5-8-24(21)27(35)15-22)17-30(18-39-28)11-1-3-19-13-23(32)7-9-25(19)30/h6-7,9-10,13-15,21,24,27,35H,1-5,8,11-12,16-18H2,(H,33,36)/b22-15-/t21-,24+,27+,30-/m0/s1. The second-order valence-corrected chi connectivity index (χ2v) is 15.0. The zero-order valence-electron chi connectivity index (χ0n) is 22.2. The normalized spacial score (nSPS) is 31.4. The molecule has 214 valence electrons. The Morgan fingerprint density at radius 3 is 2.77 bits per heavy atom. The van der Waals surface area contributed by atoms with Gasteiger partial charge in [-0.1, -0.05) is 33.6 Å². The van der Waals surface area contributed by atoms with Crippen molar-refractivity contribution in [3.63, 3.8) is 0 Å². The zero-order valence-corrected chi connectivity index (χ0v) is 25.4. The Balaban J connectivity index is 1.42. The van der Waals surface area contributed by atoms with Gasteiger partial charge in [0, 0.05) is 29.1 Å². The van der Waals surface area contributed by atoms with Crippen molar-refractivity contribution in [1.29, 1.82) is 0 Å². The van der Waals surface area contributed by atoms with Crippen molar-refractivity contribution in [1.82, 2.24) is 4.72 Å². The van der Waals surface area contributed by atoms with E-state index in [9.17, 15) is 18.3 Å². The van der Waals surface area contributed by atoms with Gasteiger partial charge in [0.2, 0.25) is 10.0 Å². The predicted molar refractivity (Wildman–Crippen MR) is 160 cm³/mol. The van der Waals surface area contributed by atoms with Crippen molar-refractivity contribution >= 4 is 49.1 Å². The van der Waals surface area contributed by atoms with Crippen molar-refractivity contribution < 1.29 is 23.1 Å². The first-order valence-corrected chi connectivity index (χ1v) is 16.8. The third-order valence-electron chi connectivity index (χ3n) is 9.10. The number of hydrogen-bond donors (Lipinski definition) is 2. The molecule has 2 heterocycles. The van der Waals surface area contributed by atoms with E-state index >= 15 is 0 Å². The second kappa shape index (κ2) is 11.0. The fraction of sp³-hybridized carbons (Fsp3) is 0.500. The van der Waals surface area contributed by atoms with Gasteiger partial charge in [0.15, 0.2) is 0 Å². The summed E-state index contributed by atoms with van der Waals surface area (Å²) in [4.78, 5) is 15.4. The van der Waals surface area contributed by atoms with Gasteiger partial charge in [-0.05, 0) is 109 Å². The molecule has 1 amide bonds. The van der Waals surface area contributed by atoms with Crippen molar-refractivity contribution in [2.24, 2.45) is 11.8 Å². The number of carbonyl (C=O) groups is 1. The Bertz CT molecular complexity index is 1460. The molecule has 1 spiro atoms. The molecule has 0 unspecified atom stereocenters. The number of aliphatic hydroxyl groups is 1. The molecule has 2 aliphatic carbocycles. The van der Waals surface area contributed by atoms with Gasteiger partial charge in [0.05, 0.1) is 24.2 Å². The number of fused-ring (bicyclic) bond motifs is 4. The van der Waals surface area contributed by atoms with Crippen LogP contribution in [0.3, 0.4) is 0 Å². The highest BCUT2D eigenvalue weighted by atomic mass is 79.9. The number of hydrogen-bond acceptors (Lipinski definition) is 6. The summed E-state index contributed by atoms with van der Waals surface area (Å²) in [6.45, 7) is 1.89. The van der Waals surface area contributed by atoms with E-state index in [-0.39, 0.29) is 28.6 Å². The first-order chi connectivity index (χ1) is 19.1. The zero-order chi connectivity index (χ0) is 28.1. The number of rotatable bonds is 0. The van der Waals surface area contributed by atoms with Crippen LogP contribution in [-0.4, -0.2) is 51.0 Å². The molecule has 2 aliphatic heterocycles. The van der Waals surface area contributed by atoms with E-state index in [1.807, 2.05) is 12.1 Å². The highest BCUT2D eigenvalue weighted by Crippen LogP contribution is 2.46. The smallest absolute Gasteiger partial charge is 0.264 e. The quantitative estimate of drug-likeness (QED) is 0.401. The summed E-state index contributed by atoms with van der Waals surface area (Å²) in [6.07, 6.45) is 6.91. The molecule has 4 aliphatic rings. The molecule has 1 saturated carbocycles. The molecule has 7 nitrogen and oxygen atoms in total. The maximum atomic E-state index is 13.1. The highest BCUT2D eigenvalue weighted by Gasteiger charge is 2.44. The molecule has 0 radical (unpaired) electrons. The third kappa shape index (κ3) is 5.54. The van der Waals surface area contributed by atoms with Crippen LogP contribution in [0.2, 0.25) is 5.02 Å². The summed E-state index contributed by atoms with van der Waals surface area (Å²) < 4.78 is 34.9. The van der Waals surface area contributed by atoms with Crippen LogP contribution in [0, 0.1) is 11.8 Å². The molecule has 40 heavy (non-hydrogen) atoms. The molecule has 6 rings (SSSR count). The van der Waals surface area contributed by atoms with Crippen molar-refractivity contribution in [3.8, 4) is 5.75 Å². The lowest BCUT2D eigenvalue weighted by Gasteiger charge is -2.45. The summed E-state index contributed by atoms with van der Waals surface area (Å²) in [5.74, 6) is 0.233. The van der Waals surface area contributed by atoms with Crippen LogP contribution in [0.15, 0.2) is 47.0 Å². The van der Waals surface area contributed by atoms with Crippen LogP contribution >= 0.6 is 27.5 Å². The molecule has 2 aromatic rings. The Morgan fingerprint density at radius 1 is 1.12 bits per heavy atom. The first-order valence-electron chi connectivity index (χ1n) is 14.0. The minimum absolute atomic E-state index is 0.108.